The van der Waals surface area contributed by atoms with Crippen molar-refractivity contribution in [2.24, 2.45) is 0 Å². The average molecular weight is 503 g/mol. The Morgan fingerprint density at radius 1 is 0.892 bits per heavy atom. The summed E-state index contributed by atoms with van der Waals surface area (Å²) < 4.78 is 37.5. The summed E-state index contributed by atoms with van der Waals surface area (Å²) in [7, 11) is 1.42. The zero-order chi connectivity index (χ0) is 26.7. The number of hydrogen-bond donors (Lipinski definition) is 0. The summed E-state index contributed by atoms with van der Waals surface area (Å²) >= 11 is 0. The second kappa shape index (κ2) is 10.7. The number of hydrogen-bond acceptors (Lipinski definition) is 6. The predicted octanol–water partition coefficient (Wildman–Crippen LogP) is 6.93. The number of carbonyl (C=O) groups excluding carboxylic acids is 2. The van der Waals surface area contributed by atoms with Crippen molar-refractivity contribution in [2.45, 2.75) is 26.7 Å². The molecule has 4 rings (SSSR count). The molecule has 37 heavy (non-hydrogen) atoms. The normalized spacial score (nSPS) is 10.9. The Labute approximate surface area is 213 Å². The fourth-order valence-electron chi connectivity index (χ4n) is 3.93. The van der Waals surface area contributed by atoms with Gasteiger partial charge in [0.15, 0.2) is 22.7 Å². The van der Waals surface area contributed by atoms with Gasteiger partial charge in [-0.05, 0) is 56.0 Å². The van der Waals surface area contributed by atoms with Gasteiger partial charge in [0.25, 0.3) is 0 Å². The van der Waals surface area contributed by atoms with E-state index in [4.69, 9.17) is 18.6 Å². The smallest absolute Gasteiger partial charge is 0.338 e. The third kappa shape index (κ3) is 5.26. The van der Waals surface area contributed by atoms with Gasteiger partial charge in [0.2, 0.25) is 5.75 Å². The number of esters is 2. The maximum absolute atomic E-state index is 15.6. The van der Waals surface area contributed by atoms with Crippen molar-refractivity contribution in [1.82, 2.24) is 0 Å². The maximum atomic E-state index is 15.6. The fraction of sp³-hybridized carbons (Fsp3) is 0.200. The highest BCUT2D eigenvalue weighted by molar-refractivity contribution is 6.09. The van der Waals surface area contributed by atoms with Gasteiger partial charge in [0, 0.05) is 27.5 Å². The van der Waals surface area contributed by atoms with E-state index in [-0.39, 0.29) is 28.2 Å². The summed E-state index contributed by atoms with van der Waals surface area (Å²) in [6, 6.07) is 14.3. The molecule has 3 aromatic carbocycles. The Bertz CT molecular complexity index is 1530. The van der Waals surface area contributed by atoms with E-state index in [9.17, 15) is 9.59 Å². The molecule has 0 fully saturated rings. The van der Waals surface area contributed by atoms with Crippen molar-refractivity contribution in [3.8, 4) is 22.6 Å². The van der Waals surface area contributed by atoms with Crippen LogP contribution in [0, 0.1) is 5.82 Å². The van der Waals surface area contributed by atoms with Gasteiger partial charge in [-0.25, -0.2) is 14.0 Å². The minimum atomic E-state index is -0.599. The Hall–Kier alpha value is -4.39. The molecule has 0 aliphatic heterocycles. The SMILES string of the molecule is C=C(C)C(=O)OCCCc1ccc(-c2ccc3c(oc4c(OC)c(OC(=O)C(=C)C)ccc43)c2F)cc1. The highest BCUT2D eigenvalue weighted by atomic mass is 19.1. The first-order valence-corrected chi connectivity index (χ1v) is 11.7. The van der Waals surface area contributed by atoms with Crippen molar-refractivity contribution in [3.05, 3.63) is 84.2 Å². The molecule has 1 heterocycles. The van der Waals surface area contributed by atoms with Crippen LogP contribution >= 0.6 is 0 Å². The molecule has 0 saturated heterocycles. The maximum Gasteiger partial charge on any atom is 0.338 e. The molecule has 0 saturated carbocycles. The van der Waals surface area contributed by atoms with Crippen LogP contribution in [-0.2, 0) is 20.7 Å². The van der Waals surface area contributed by atoms with E-state index in [0.29, 0.717) is 46.9 Å². The molecule has 0 aliphatic carbocycles. The van der Waals surface area contributed by atoms with Crippen LogP contribution in [0.25, 0.3) is 33.1 Å². The number of halogens is 1. The van der Waals surface area contributed by atoms with Gasteiger partial charge in [0.1, 0.15) is 0 Å². The summed E-state index contributed by atoms with van der Waals surface area (Å²) in [6.45, 7) is 10.6. The van der Waals surface area contributed by atoms with Crippen LogP contribution in [-0.4, -0.2) is 25.7 Å². The number of benzene rings is 3. The van der Waals surface area contributed by atoms with Gasteiger partial charge in [-0.15, -0.1) is 0 Å². The Kier molecular flexibility index (Phi) is 7.43. The van der Waals surface area contributed by atoms with Crippen LogP contribution in [0.4, 0.5) is 4.39 Å². The van der Waals surface area contributed by atoms with Crippen LogP contribution < -0.4 is 9.47 Å². The van der Waals surface area contributed by atoms with E-state index in [1.165, 1.54) is 7.11 Å². The van der Waals surface area contributed by atoms with Gasteiger partial charge in [0.05, 0.1) is 13.7 Å². The highest BCUT2D eigenvalue weighted by Gasteiger charge is 2.22. The number of carbonyl (C=O) groups is 2. The molecule has 0 spiro atoms. The van der Waals surface area contributed by atoms with E-state index in [0.717, 1.165) is 5.56 Å². The summed E-state index contributed by atoms with van der Waals surface area (Å²) in [5, 5.41) is 1.21. The highest BCUT2D eigenvalue weighted by Crippen LogP contribution is 2.43. The number of furan rings is 1. The van der Waals surface area contributed by atoms with Crippen LogP contribution in [0.5, 0.6) is 11.5 Å². The monoisotopic (exact) mass is 502 g/mol. The van der Waals surface area contributed by atoms with E-state index < -0.39 is 17.8 Å². The largest absolute Gasteiger partial charge is 0.490 e. The lowest BCUT2D eigenvalue weighted by Gasteiger charge is -2.09. The van der Waals surface area contributed by atoms with Crippen molar-refractivity contribution in [2.75, 3.05) is 13.7 Å². The summed E-state index contributed by atoms with van der Waals surface area (Å²) in [6.07, 6.45) is 1.39. The number of methoxy groups -OCH3 is 1. The molecule has 0 aliphatic rings. The minimum absolute atomic E-state index is 0.0811. The van der Waals surface area contributed by atoms with E-state index in [1.807, 2.05) is 24.3 Å². The van der Waals surface area contributed by atoms with E-state index >= 15 is 4.39 Å². The van der Waals surface area contributed by atoms with Crippen LogP contribution in [0.2, 0.25) is 0 Å². The number of aryl methyl sites for hydroxylation is 1. The standard InChI is InChI=1S/C30H27FO6/c1-17(2)29(32)35-16-6-7-19-8-10-20(11-9-19)21-12-13-22-23-14-15-24(36-30(33)18(3)4)28(34-5)27(23)37-26(22)25(21)31/h8-15H,1,3,6-7,16H2,2,4-5H3. The summed E-state index contributed by atoms with van der Waals surface area (Å²) in [4.78, 5) is 23.5. The molecule has 7 heteroatoms. The van der Waals surface area contributed by atoms with E-state index in [1.54, 1.807) is 38.1 Å². The molecule has 0 bridgehead atoms. The molecule has 0 radical (unpaired) electrons. The zero-order valence-corrected chi connectivity index (χ0v) is 21.0. The van der Waals surface area contributed by atoms with Crippen LogP contribution in [0.1, 0.15) is 25.8 Å². The van der Waals surface area contributed by atoms with Gasteiger partial charge >= 0.3 is 11.9 Å². The summed E-state index contributed by atoms with van der Waals surface area (Å²) in [5.41, 5.74) is 3.10. The molecule has 1 aromatic heterocycles. The Balaban J connectivity index is 1.60. The quantitative estimate of drug-likeness (QED) is 0.107. The Morgan fingerprint density at radius 2 is 1.54 bits per heavy atom. The van der Waals surface area contributed by atoms with Crippen LogP contribution in [0.3, 0.4) is 0 Å². The van der Waals surface area contributed by atoms with Gasteiger partial charge in [-0.2, -0.15) is 0 Å². The van der Waals surface area contributed by atoms with Crippen molar-refractivity contribution < 1.29 is 32.6 Å². The molecule has 6 nitrogen and oxygen atoms in total. The van der Waals surface area contributed by atoms with Crippen molar-refractivity contribution in [3.63, 3.8) is 0 Å². The molecular weight excluding hydrogens is 475 g/mol. The Morgan fingerprint density at radius 3 is 2.19 bits per heavy atom. The molecular formula is C30H27FO6. The average Bonchev–Trinajstić information content (AvgIpc) is 3.26. The van der Waals surface area contributed by atoms with Crippen LogP contribution in [0.15, 0.2) is 77.3 Å². The minimum Gasteiger partial charge on any atom is -0.490 e. The van der Waals surface area contributed by atoms with Gasteiger partial charge in [-0.3, -0.25) is 0 Å². The molecule has 0 atom stereocenters. The molecule has 190 valence electrons. The predicted molar refractivity (Wildman–Crippen MR) is 140 cm³/mol. The molecule has 0 unspecified atom stereocenters. The second-order valence-electron chi connectivity index (χ2n) is 8.77. The summed E-state index contributed by atoms with van der Waals surface area (Å²) in [5.74, 6) is -1.14. The lowest BCUT2D eigenvalue weighted by molar-refractivity contribution is -0.139. The third-order valence-corrected chi connectivity index (χ3v) is 5.88. The molecule has 0 N–H and O–H groups in total. The molecule has 4 aromatic rings. The van der Waals surface area contributed by atoms with Gasteiger partial charge in [-0.1, -0.05) is 43.5 Å². The first kappa shape index (κ1) is 25.7. The first-order valence-electron chi connectivity index (χ1n) is 11.7. The molecule has 0 amide bonds. The zero-order valence-electron chi connectivity index (χ0n) is 21.0. The van der Waals surface area contributed by atoms with Crippen molar-refractivity contribution in [1.29, 1.82) is 0 Å². The van der Waals surface area contributed by atoms with E-state index in [2.05, 4.69) is 13.2 Å². The lowest BCUT2D eigenvalue weighted by atomic mass is 10.00. The third-order valence-electron chi connectivity index (χ3n) is 5.88. The first-order chi connectivity index (χ1) is 17.7. The fourth-order valence-corrected chi connectivity index (χ4v) is 3.93. The second-order valence-corrected chi connectivity index (χ2v) is 8.77. The topological polar surface area (TPSA) is 75.0 Å². The van der Waals surface area contributed by atoms with Crippen molar-refractivity contribution >= 4 is 33.9 Å². The lowest BCUT2D eigenvalue weighted by Crippen LogP contribution is -2.09. The number of rotatable bonds is 9. The van der Waals surface area contributed by atoms with Gasteiger partial charge < -0.3 is 18.6 Å². The number of ether oxygens (including phenoxy) is 3. The number of fused-ring (bicyclic) bond motifs is 3.